The molecule has 2 aromatic heterocycles. The number of benzene rings is 2. The number of methoxy groups -OCH3 is 1. The van der Waals surface area contributed by atoms with Gasteiger partial charge in [-0.2, -0.15) is 0 Å². The maximum atomic E-state index is 13.4. The van der Waals surface area contributed by atoms with Crippen molar-refractivity contribution in [1.82, 2.24) is 19.0 Å². The molecule has 1 atom stereocenters. The van der Waals surface area contributed by atoms with Crippen molar-refractivity contribution in [2.75, 3.05) is 44.7 Å². The summed E-state index contributed by atoms with van der Waals surface area (Å²) < 4.78 is 10.2. The summed E-state index contributed by atoms with van der Waals surface area (Å²) in [7, 11) is 3.66. The van der Waals surface area contributed by atoms with Crippen LogP contribution in [0.25, 0.3) is 33.5 Å². The van der Waals surface area contributed by atoms with Crippen LogP contribution in [0.15, 0.2) is 36.4 Å². The first-order valence-electron chi connectivity index (χ1n) is 13.2. The third kappa shape index (κ3) is 3.93. The standard InChI is InChI=1S/C28H35N7O2/c1-32-26-21(14-19(16-24(26)37-2)28(36)34-10-4-7-20(30)17-34)31-27(32)23-15-18-6-3-8-22-25(18)35(23)13-12-33(22)11-5-9-29/h3,6,8,14-16,20H,4-5,7,9-13,17,29-30H2,1-2H3/t20-/m1/s1. The van der Waals surface area contributed by atoms with Gasteiger partial charge in [0.1, 0.15) is 11.3 Å². The number of carbonyl (C=O) groups is 1. The van der Waals surface area contributed by atoms with E-state index >= 15 is 0 Å². The minimum Gasteiger partial charge on any atom is -0.494 e. The molecule has 4 N–H and O–H groups in total. The van der Waals surface area contributed by atoms with E-state index in [-0.39, 0.29) is 11.9 Å². The molecule has 0 spiro atoms. The number of ether oxygens (including phenoxy) is 1. The van der Waals surface area contributed by atoms with Crippen molar-refractivity contribution in [3.8, 4) is 17.3 Å². The lowest BCUT2D eigenvalue weighted by Gasteiger charge is -2.31. The van der Waals surface area contributed by atoms with E-state index in [9.17, 15) is 4.79 Å². The van der Waals surface area contributed by atoms with Gasteiger partial charge in [0.15, 0.2) is 5.82 Å². The number of hydrogen-bond donors (Lipinski definition) is 2. The number of amides is 1. The number of carbonyl (C=O) groups excluding carboxylic acids is 1. The highest BCUT2D eigenvalue weighted by Gasteiger charge is 2.27. The Morgan fingerprint density at radius 1 is 1.16 bits per heavy atom. The predicted octanol–water partition coefficient (Wildman–Crippen LogP) is 2.94. The molecule has 0 saturated carbocycles. The smallest absolute Gasteiger partial charge is 0.254 e. The fourth-order valence-electron chi connectivity index (χ4n) is 6.03. The van der Waals surface area contributed by atoms with Gasteiger partial charge in [0.2, 0.25) is 0 Å². The number of anilines is 1. The molecule has 0 aliphatic carbocycles. The molecule has 37 heavy (non-hydrogen) atoms. The molecular formula is C28H35N7O2. The van der Waals surface area contributed by atoms with Crippen LogP contribution >= 0.6 is 0 Å². The van der Waals surface area contributed by atoms with Crippen LogP contribution in [0.2, 0.25) is 0 Å². The molecule has 2 aliphatic rings. The number of nitrogens with zero attached hydrogens (tertiary/aromatic N) is 5. The van der Waals surface area contributed by atoms with Gasteiger partial charge >= 0.3 is 0 Å². The number of hydrogen-bond acceptors (Lipinski definition) is 6. The minimum absolute atomic E-state index is 0.0201. The Hall–Kier alpha value is -3.56. The number of likely N-dealkylation sites (tertiary alicyclic amines) is 1. The molecule has 4 heterocycles. The molecule has 0 unspecified atom stereocenters. The van der Waals surface area contributed by atoms with E-state index in [0.717, 1.165) is 68.0 Å². The summed E-state index contributed by atoms with van der Waals surface area (Å²) in [6.45, 7) is 4.76. The summed E-state index contributed by atoms with van der Waals surface area (Å²) >= 11 is 0. The third-order valence-electron chi connectivity index (χ3n) is 7.84. The molecule has 1 fully saturated rings. The average molecular weight is 502 g/mol. The van der Waals surface area contributed by atoms with Crippen LogP contribution in [0.4, 0.5) is 5.69 Å². The zero-order valence-electron chi connectivity index (χ0n) is 21.6. The molecule has 1 amide bonds. The fraction of sp³-hybridized carbons (Fsp3) is 0.429. The highest BCUT2D eigenvalue weighted by atomic mass is 16.5. The van der Waals surface area contributed by atoms with Crippen molar-refractivity contribution in [3.63, 3.8) is 0 Å². The Bertz CT molecular complexity index is 1490. The van der Waals surface area contributed by atoms with Crippen LogP contribution in [0, 0.1) is 0 Å². The zero-order valence-corrected chi connectivity index (χ0v) is 21.6. The van der Waals surface area contributed by atoms with Crippen molar-refractivity contribution in [2.45, 2.75) is 31.8 Å². The first kappa shape index (κ1) is 23.8. The summed E-state index contributed by atoms with van der Waals surface area (Å²) in [6.07, 6.45) is 2.85. The molecule has 2 aromatic carbocycles. The highest BCUT2D eigenvalue weighted by Crippen LogP contribution is 2.39. The number of fused-ring (bicyclic) bond motifs is 1. The zero-order chi connectivity index (χ0) is 25.7. The molecule has 194 valence electrons. The third-order valence-corrected chi connectivity index (χ3v) is 7.84. The van der Waals surface area contributed by atoms with E-state index in [1.165, 1.54) is 16.6 Å². The molecule has 1 saturated heterocycles. The average Bonchev–Trinajstić information content (AvgIpc) is 3.45. The highest BCUT2D eigenvalue weighted by molar-refractivity contribution is 6.01. The molecular weight excluding hydrogens is 466 g/mol. The number of imidazole rings is 1. The van der Waals surface area contributed by atoms with E-state index in [1.54, 1.807) is 7.11 Å². The molecule has 0 bridgehead atoms. The van der Waals surface area contributed by atoms with Crippen LogP contribution in [0.5, 0.6) is 5.75 Å². The van der Waals surface area contributed by atoms with Gasteiger partial charge in [0.25, 0.3) is 5.91 Å². The van der Waals surface area contributed by atoms with Gasteiger partial charge in [0, 0.05) is 56.8 Å². The largest absolute Gasteiger partial charge is 0.494 e. The number of piperidine rings is 1. The molecule has 2 aliphatic heterocycles. The summed E-state index contributed by atoms with van der Waals surface area (Å²) in [5, 5.41) is 1.20. The van der Waals surface area contributed by atoms with E-state index in [2.05, 4.69) is 38.3 Å². The number of aromatic nitrogens is 3. The van der Waals surface area contributed by atoms with Gasteiger partial charge in [0.05, 0.1) is 29.5 Å². The van der Waals surface area contributed by atoms with E-state index in [0.29, 0.717) is 24.4 Å². The number of para-hydroxylation sites is 1. The first-order chi connectivity index (χ1) is 18.0. The van der Waals surface area contributed by atoms with Crippen LogP contribution in [0.3, 0.4) is 0 Å². The first-order valence-corrected chi connectivity index (χ1v) is 13.2. The maximum absolute atomic E-state index is 13.4. The Labute approximate surface area is 216 Å². The van der Waals surface area contributed by atoms with E-state index in [4.69, 9.17) is 21.2 Å². The van der Waals surface area contributed by atoms with Crippen LogP contribution < -0.4 is 21.1 Å². The second-order valence-electron chi connectivity index (χ2n) is 10.2. The lowest BCUT2D eigenvalue weighted by Crippen LogP contribution is -2.45. The van der Waals surface area contributed by atoms with Gasteiger partial charge in [-0.15, -0.1) is 0 Å². The Morgan fingerprint density at radius 3 is 2.81 bits per heavy atom. The number of nitrogens with two attached hydrogens (primary N) is 2. The summed E-state index contributed by atoms with van der Waals surface area (Å²) in [5.41, 5.74) is 17.7. The van der Waals surface area contributed by atoms with Crippen molar-refractivity contribution in [2.24, 2.45) is 18.5 Å². The number of aryl methyl sites for hydroxylation is 1. The monoisotopic (exact) mass is 501 g/mol. The Kier molecular flexibility index (Phi) is 6.04. The number of rotatable bonds is 6. The fourth-order valence-corrected chi connectivity index (χ4v) is 6.03. The maximum Gasteiger partial charge on any atom is 0.254 e. The Balaban J connectivity index is 1.45. The van der Waals surface area contributed by atoms with Crippen molar-refractivity contribution in [1.29, 1.82) is 0 Å². The van der Waals surface area contributed by atoms with E-state index in [1.807, 2.05) is 24.1 Å². The summed E-state index contributed by atoms with van der Waals surface area (Å²) in [5.74, 6) is 1.48. The molecule has 9 heteroatoms. The molecule has 0 radical (unpaired) electrons. The van der Waals surface area contributed by atoms with Gasteiger partial charge < -0.3 is 35.1 Å². The van der Waals surface area contributed by atoms with Crippen molar-refractivity contribution in [3.05, 3.63) is 42.0 Å². The van der Waals surface area contributed by atoms with Crippen molar-refractivity contribution < 1.29 is 9.53 Å². The normalized spacial score (nSPS) is 17.7. The molecule has 9 nitrogen and oxygen atoms in total. The van der Waals surface area contributed by atoms with Crippen molar-refractivity contribution >= 4 is 33.5 Å². The van der Waals surface area contributed by atoms with E-state index < -0.39 is 0 Å². The van der Waals surface area contributed by atoms with Gasteiger partial charge in [-0.25, -0.2) is 4.98 Å². The van der Waals surface area contributed by atoms with Gasteiger partial charge in [-0.05, 0) is 50.1 Å². The lowest BCUT2D eigenvalue weighted by atomic mass is 10.0. The predicted molar refractivity (Wildman–Crippen MR) is 147 cm³/mol. The quantitative estimate of drug-likeness (QED) is 0.421. The minimum atomic E-state index is -0.0201. The summed E-state index contributed by atoms with van der Waals surface area (Å²) in [4.78, 5) is 22.7. The summed E-state index contributed by atoms with van der Waals surface area (Å²) in [6, 6.07) is 12.5. The lowest BCUT2D eigenvalue weighted by molar-refractivity contribution is 0.0708. The second-order valence-corrected chi connectivity index (χ2v) is 10.2. The van der Waals surface area contributed by atoms with Crippen LogP contribution in [0.1, 0.15) is 29.6 Å². The molecule has 4 aromatic rings. The second kappa shape index (κ2) is 9.39. The van der Waals surface area contributed by atoms with Gasteiger partial charge in [-0.3, -0.25) is 4.79 Å². The topological polar surface area (TPSA) is 108 Å². The SMILES string of the molecule is COc1cc(C(=O)N2CCC[C@@H](N)C2)cc2nc(-c3cc4cccc5c4n3CCN5CCCN)n(C)c12. The Morgan fingerprint density at radius 2 is 2.03 bits per heavy atom. The van der Waals surface area contributed by atoms with Crippen LogP contribution in [-0.2, 0) is 13.6 Å². The van der Waals surface area contributed by atoms with Crippen LogP contribution in [-0.4, -0.2) is 70.8 Å². The van der Waals surface area contributed by atoms with Gasteiger partial charge in [-0.1, -0.05) is 12.1 Å². The molecule has 6 rings (SSSR count).